The maximum absolute atomic E-state index is 9.13. The highest BCUT2D eigenvalue weighted by Crippen LogP contribution is 2.40. The Balaban J connectivity index is 2.36. The topological polar surface area (TPSA) is 23.8 Å². The first kappa shape index (κ1) is 20.0. The van der Waals surface area contributed by atoms with Gasteiger partial charge >= 0.3 is 0 Å². The monoisotopic (exact) mass is 345 g/mol. The zero-order valence-electron chi connectivity index (χ0n) is 16.3. The first-order valence-corrected chi connectivity index (χ1v) is 9.91. The standard InChI is InChI=1S/C25H31N/c1-4-7-17-25(16-6-3,18-8-5-2)24-14-12-22(13-15-24)23-11-9-10-21(19-23)20-26/h4,9-15,19H,1,5-8,16-18H2,2-3H3. The van der Waals surface area contributed by atoms with Gasteiger partial charge < -0.3 is 0 Å². The third-order valence-corrected chi connectivity index (χ3v) is 5.39. The highest BCUT2D eigenvalue weighted by Gasteiger charge is 2.29. The van der Waals surface area contributed by atoms with Crippen molar-refractivity contribution >= 4 is 0 Å². The summed E-state index contributed by atoms with van der Waals surface area (Å²) in [7, 11) is 0. The number of hydrogen-bond donors (Lipinski definition) is 0. The fourth-order valence-corrected chi connectivity index (χ4v) is 3.96. The Labute approximate surface area is 159 Å². The minimum absolute atomic E-state index is 0.256. The highest BCUT2D eigenvalue weighted by molar-refractivity contribution is 5.65. The van der Waals surface area contributed by atoms with Gasteiger partial charge in [0, 0.05) is 0 Å². The van der Waals surface area contributed by atoms with E-state index >= 15 is 0 Å². The highest BCUT2D eigenvalue weighted by atomic mass is 14.3. The number of hydrogen-bond acceptors (Lipinski definition) is 1. The van der Waals surface area contributed by atoms with Crippen LogP contribution >= 0.6 is 0 Å². The molecule has 0 saturated carbocycles. The van der Waals surface area contributed by atoms with Crippen molar-refractivity contribution < 1.29 is 0 Å². The van der Waals surface area contributed by atoms with Crippen LogP contribution in [0.5, 0.6) is 0 Å². The summed E-state index contributed by atoms with van der Waals surface area (Å²) in [6, 6.07) is 19.1. The van der Waals surface area contributed by atoms with Crippen LogP contribution in [-0.2, 0) is 5.41 Å². The lowest BCUT2D eigenvalue weighted by atomic mass is 9.70. The molecule has 1 unspecified atom stereocenters. The average Bonchev–Trinajstić information content (AvgIpc) is 2.70. The molecule has 0 aliphatic heterocycles. The number of benzene rings is 2. The van der Waals surface area contributed by atoms with Gasteiger partial charge in [0.2, 0.25) is 0 Å². The molecule has 0 heterocycles. The van der Waals surface area contributed by atoms with E-state index in [9.17, 15) is 0 Å². The molecule has 0 fully saturated rings. The van der Waals surface area contributed by atoms with Crippen LogP contribution in [0.25, 0.3) is 11.1 Å². The molecular formula is C25H31N. The van der Waals surface area contributed by atoms with E-state index < -0.39 is 0 Å². The van der Waals surface area contributed by atoms with E-state index in [1.807, 2.05) is 18.2 Å². The minimum Gasteiger partial charge on any atom is -0.192 e. The predicted molar refractivity (Wildman–Crippen MR) is 112 cm³/mol. The summed E-state index contributed by atoms with van der Waals surface area (Å²) in [6.07, 6.45) is 10.5. The Morgan fingerprint density at radius 3 is 2.35 bits per heavy atom. The third-order valence-electron chi connectivity index (χ3n) is 5.39. The molecule has 0 bridgehead atoms. The molecule has 26 heavy (non-hydrogen) atoms. The lowest BCUT2D eigenvalue weighted by molar-refractivity contribution is 0.326. The quantitative estimate of drug-likeness (QED) is 0.411. The lowest BCUT2D eigenvalue weighted by Gasteiger charge is -2.35. The van der Waals surface area contributed by atoms with Gasteiger partial charge in [-0.25, -0.2) is 0 Å². The van der Waals surface area contributed by atoms with Crippen molar-refractivity contribution in [1.29, 1.82) is 5.26 Å². The SMILES string of the molecule is C=CCCC(CCC)(CCCC)c1ccc(-c2cccc(C#N)c2)cc1. The number of nitriles is 1. The van der Waals surface area contributed by atoms with Gasteiger partial charge in [0.05, 0.1) is 11.6 Å². The van der Waals surface area contributed by atoms with Crippen LogP contribution in [-0.4, -0.2) is 0 Å². The van der Waals surface area contributed by atoms with E-state index in [0.29, 0.717) is 5.56 Å². The second-order valence-corrected chi connectivity index (χ2v) is 7.23. The van der Waals surface area contributed by atoms with Crippen molar-refractivity contribution in [2.24, 2.45) is 0 Å². The fourth-order valence-electron chi connectivity index (χ4n) is 3.96. The summed E-state index contributed by atoms with van der Waals surface area (Å²) in [5.74, 6) is 0. The van der Waals surface area contributed by atoms with Crippen LogP contribution in [0.4, 0.5) is 0 Å². The third kappa shape index (κ3) is 4.85. The molecule has 1 atom stereocenters. The first-order valence-electron chi connectivity index (χ1n) is 9.91. The molecule has 136 valence electrons. The van der Waals surface area contributed by atoms with Crippen LogP contribution in [0, 0.1) is 11.3 Å². The summed E-state index contributed by atoms with van der Waals surface area (Å²) in [6.45, 7) is 8.50. The Kier molecular flexibility index (Phi) is 7.67. The molecule has 0 aliphatic rings. The van der Waals surface area contributed by atoms with E-state index in [-0.39, 0.29) is 5.41 Å². The van der Waals surface area contributed by atoms with Crippen LogP contribution in [0.2, 0.25) is 0 Å². The first-order chi connectivity index (χ1) is 12.7. The second kappa shape index (κ2) is 9.97. The largest absolute Gasteiger partial charge is 0.192 e. The smallest absolute Gasteiger partial charge is 0.0991 e. The maximum atomic E-state index is 9.13. The average molecular weight is 346 g/mol. The van der Waals surface area contributed by atoms with Crippen molar-refractivity contribution in [3.05, 3.63) is 72.3 Å². The Morgan fingerprint density at radius 1 is 0.962 bits per heavy atom. The van der Waals surface area contributed by atoms with Gasteiger partial charge in [0.25, 0.3) is 0 Å². The van der Waals surface area contributed by atoms with Gasteiger partial charge in [-0.2, -0.15) is 5.26 Å². The van der Waals surface area contributed by atoms with Crippen LogP contribution < -0.4 is 0 Å². The predicted octanol–water partition coefficient (Wildman–Crippen LogP) is 7.42. The fraction of sp³-hybridized carbons (Fsp3) is 0.400. The summed E-state index contributed by atoms with van der Waals surface area (Å²) >= 11 is 0. The summed E-state index contributed by atoms with van der Waals surface area (Å²) in [5.41, 5.74) is 4.70. The number of nitrogens with zero attached hydrogens (tertiary/aromatic N) is 1. The minimum atomic E-state index is 0.256. The van der Waals surface area contributed by atoms with Crippen molar-refractivity contribution in [2.75, 3.05) is 0 Å². The number of rotatable bonds is 10. The van der Waals surface area contributed by atoms with Crippen molar-refractivity contribution in [2.45, 2.75) is 64.2 Å². The Hall–Kier alpha value is -2.33. The zero-order valence-corrected chi connectivity index (χ0v) is 16.3. The molecular weight excluding hydrogens is 314 g/mol. The second-order valence-electron chi connectivity index (χ2n) is 7.23. The van der Waals surface area contributed by atoms with Gasteiger partial charge in [-0.05, 0) is 59.9 Å². The molecule has 0 amide bonds. The van der Waals surface area contributed by atoms with Gasteiger partial charge in [0.15, 0.2) is 0 Å². The molecule has 0 saturated heterocycles. The van der Waals surface area contributed by atoms with E-state index in [1.165, 1.54) is 49.7 Å². The summed E-state index contributed by atoms with van der Waals surface area (Å²) in [4.78, 5) is 0. The van der Waals surface area contributed by atoms with Gasteiger partial charge in [-0.15, -0.1) is 6.58 Å². The molecule has 0 N–H and O–H groups in total. The van der Waals surface area contributed by atoms with Gasteiger partial charge in [-0.3, -0.25) is 0 Å². The van der Waals surface area contributed by atoms with Gasteiger partial charge in [0.1, 0.15) is 0 Å². The molecule has 2 aromatic rings. The van der Waals surface area contributed by atoms with Crippen molar-refractivity contribution in [1.82, 2.24) is 0 Å². The van der Waals surface area contributed by atoms with E-state index in [2.05, 4.69) is 62.9 Å². The Bertz CT molecular complexity index is 735. The molecule has 2 rings (SSSR count). The molecule has 0 spiro atoms. The van der Waals surface area contributed by atoms with Crippen LogP contribution in [0.15, 0.2) is 61.2 Å². The summed E-state index contributed by atoms with van der Waals surface area (Å²) in [5, 5.41) is 9.13. The van der Waals surface area contributed by atoms with Crippen LogP contribution in [0.1, 0.15) is 69.9 Å². The normalized spacial score (nSPS) is 13.0. The van der Waals surface area contributed by atoms with Crippen LogP contribution in [0.3, 0.4) is 0 Å². The van der Waals surface area contributed by atoms with E-state index in [4.69, 9.17) is 5.26 Å². The molecule has 1 nitrogen and oxygen atoms in total. The van der Waals surface area contributed by atoms with E-state index in [0.717, 1.165) is 12.0 Å². The maximum Gasteiger partial charge on any atom is 0.0991 e. The molecule has 2 aromatic carbocycles. The van der Waals surface area contributed by atoms with Crippen molar-refractivity contribution in [3.63, 3.8) is 0 Å². The number of allylic oxidation sites excluding steroid dienone is 1. The van der Waals surface area contributed by atoms with Crippen molar-refractivity contribution in [3.8, 4) is 17.2 Å². The van der Waals surface area contributed by atoms with E-state index in [1.54, 1.807) is 0 Å². The zero-order chi connectivity index (χ0) is 18.8. The van der Waals surface area contributed by atoms with Gasteiger partial charge in [-0.1, -0.05) is 75.6 Å². The lowest BCUT2D eigenvalue weighted by Crippen LogP contribution is -2.26. The molecule has 0 radical (unpaired) electrons. The molecule has 1 heteroatoms. The number of unbranched alkanes of at least 4 members (excludes halogenated alkanes) is 1. The summed E-state index contributed by atoms with van der Waals surface area (Å²) < 4.78 is 0. The molecule has 0 aliphatic carbocycles. The Morgan fingerprint density at radius 2 is 1.73 bits per heavy atom. The molecule has 0 aromatic heterocycles.